The molecule has 5 rings (SSSR count). The number of benzene rings is 1. The van der Waals surface area contributed by atoms with Gasteiger partial charge in [0.05, 0.1) is 12.0 Å². The molecule has 0 aliphatic carbocycles. The van der Waals surface area contributed by atoms with Crippen LogP contribution in [0.4, 0.5) is 5.69 Å². The smallest absolute Gasteiger partial charge is 0.258 e. The summed E-state index contributed by atoms with van der Waals surface area (Å²) >= 11 is 0. The van der Waals surface area contributed by atoms with Gasteiger partial charge in [0.1, 0.15) is 5.82 Å². The number of amides is 3. The fourth-order valence-electron chi connectivity index (χ4n) is 4.99. The summed E-state index contributed by atoms with van der Waals surface area (Å²) in [6.07, 6.45) is 6.35. The molecule has 3 amide bonds. The topological polar surface area (TPSA) is 115 Å². The highest BCUT2D eigenvalue weighted by atomic mass is 16.2. The van der Waals surface area contributed by atoms with E-state index in [0.717, 1.165) is 24.1 Å². The molecule has 0 radical (unpaired) electrons. The number of nitrogens with one attached hydrogen (secondary N) is 2. The zero-order chi connectivity index (χ0) is 23.2. The first-order valence-corrected chi connectivity index (χ1v) is 11.1. The van der Waals surface area contributed by atoms with E-state index in [2.05, 4.69) is 15.3 Å². The number of anilines is 1. The third-order valence-corrected chi connectivity index (χ3v) is 6.81. The third kappa shape index (κ3) is 4.06. The maximum Gasteiger partial charge on any atom is 0.258 e. The van der Waals surface area contributed by atoms with Gasteiger partial charge in [-0.25, -0.2) is 4.98 Å². The van der Waals surface area contributed by atoms with Gasteiger partial charge in [0.15, 0.2) is 0 Å². The molecule has 2 aromatic rings. The molecular weight excluding hydrogens is 422 g/mol. The number of fused-ring (bicyclic) bond motifs is 1. The summed E-state index contributed by atoms with van der Waals surface area (Å²) in [6.45, 7) is 4.16. The van der Waals surface area contributed by atoms with Gasteiger partial charge in [-0.15, -0.1) is 0 Å². The van der Waals surface area contributed by atoms with Crippen molar-refractivity contribution < 1.29 is 14.4 Å². The van der Waals surface area contributed by atoms with Gasteiger partial charge in [0.25, 0.3) is 11.5 Å². The van der Waals surface area contributed by atoms with E-state index in [1.165, 1.54) is 18.3 Å². The number of aryl methyl sites for hydroxylation is 1. The lowest BCUT2D eigenvalue weighted by Crippen LogP contribution is -2.35. The van der Waals surface area contributed by atoms with E-state index in [-0.39, 0.29) is 28.7 Å². The molecule has 3 aliphatic heterocycles. The molecule has 1 unspecified atom stereocenters. The van der Waals surface area contributed by atoms with E-state index in [4.69, 9.17) is 0 Å². The fraction of sp³-hybridized carbons (Fsp3) is 0.375. The summed E-state index contributed by atoms with van der Waals surface area (Å²) in [7, 11) is 0. The summed E-state index contributed by atoms with van der Waals surface area (Å²) in [5.41, 5.74) is 2.18. The Balaban J connectivity index is 1.22. The Morgan fingerprint density at radius 2 is 1.88 bits per heavy atom. The molecule has 1 spiro atoms. The molecule has 0 saturated carbocycles. The van der Waals surface area contributed by atoms with Gasteiger partial charge in [0, 0.05) is 55.1 Å². The molecule has 33 heavy (non-hydrogen) atoms. The molecule has 1 atom stereocenters. The molecule has 170 valence electrons. The Bertz CT molecular complexity index is 1250. The summed E-state index contributed by atoms with van der Waals surface area (Å²) in [5.74, 6) is 0.287. The van der Waals surface area contributed by atoms with Crippen LogP contribution >= 0.6 is 0 Å². The van der Waals surface area contributed by atoms with Gasteiger partial charge in [-0.3, -0.25) is 19.2 Å². The highest BCUT2D eigenvalue weighted by Gasteiger charge is 2.45. The Hall–Kier alpha value is -3.75. The van der Waals surface area contributed by atoms with Crippen LogP contribution in [0.5, 0.6) is 0 Å². The molecule has 4 heterocycles. The van der Waals surface area contributed by atoms with E-state index in [9.17, 15) is 19.2 Å². The van der Waals surface area contributed by atoms with Gasteiger partial charge in [-0.1, -0.05) is 0 Å². The van der Waals surface area contributed by atoms with Crippen molar-refractivity contribution in [3.05, 3.63) is 63.3 Å². The first kappa shape index (κ1) is 21.1. The molecular formula is C24H25N5O4. The summed E-state index contributed by atoms with van der Waals surface area (Å²) in [4.78, 5) is 59.6. The number of aromatic amines is 1. The lowest BCUT2D eigenvalue weighted by Gasteiger charge is -2.24. The van der Waals surface area contributed by atoms with Crippen LogP contribution in [-0.2, 0) is 16.0 Å². The van der Waals surface area contributed by atoms with Crippen molar-refractivity contribution in [1.29, 1.82) is 0 Å². The Kier molecular flexibility index (Phi) is 5.11. The normalized spacial score (nSPS) is 21.8. The molecule has 9 heteroatoms. The fourth-order valence-corrected chi connectivity index (χ4v) is 4.99. The SMILES string of the molecule is Cc1ncc(/C=C/C(=O)N2CCC3(CCN(C(=O)c4ccc5c(c4)CC(=O)N5)C3)C2)c(=O)[nH]1. The number of rotatable bonds is 3. The Morgan fingerprint density at radius 3 is 2.67 bits per heavy atom. The molecule has 2 saturated heterocycles. The van der Waals surface area contributed by atoms with Crippen molar-refractivity contribution in [1.82, 2.24) is 19.8 Å². The predicted molar refractivity (Wildman–Crippen MR) is 122 cm³/mol. The van der Waals surface area contributed by atoms with Crippen LogP contribution in [0.1, 0.15) is 40.2 Å². The van der Waals surface area contributed by atoms with Crippen LogP contribution in [0.25, 0.3) is 6.08 Å². The number of likely N-dealkylation sites (tertiary alicyclic amines) is 2. The third-order valence-electron chi connectivity index (χ3n) is 6.81. The van der Waals surface area contributed by atoms with Gasteiger partial charge in [-0.2, -0.15) is 0 Å². The van der Waals surface area contributed by atoms with E-state index >= 15 is 0 Å². The van der Waals surface area contributed by atoms with Crippen molar-refractivity contribution in [2.75, 3.05) is 31.5 Å². The average molecular weight is 447 g/mol. The zero-order valence-electron chi connectivity index (χ0n) is 18.4. The molecule has 2 N–H and O–H groups in total. The second-order valence-electron chi connectivity index (χ2n) is 9.17. The maximum atomic E-state index is 13.1. The number of carbonyl (C=O) groups is 3. The Morgan fingerprint density at radius 1 is 1.12 bits per heavy atom. The van der Waals surface area contributed by atoms with Crippen molar-refractivity contribution >= 4 is 29.5 Å². The predicted octanol–water partition coefficient (Wildman–Crippen LogP) is 1.35. The number of aromatic nitrogens is 2. The zero-order valence-corrected chi connectivity index (χ0v) is 18.4. The molecule has 9 nitrogen and oxygen atoms in total. The number of H-pyrrole nitrogens is 1. The molecule has 0 bridgehead atoms. The second kappa shape index (κ2) is 7.99. The van der Waals surface area contributed by atoms with Crippen LogP contribution in [0.15, 0.2) is 35.3 Å². The first-order valence-electron chi connectivity index (χ1n) is 11.1. The molecule has 2 fully saturated rings. The van der Waals surface area contributed by atoms with Crippen molar-refractivity contribution in [2.24, 2.45) is 5.41 Å². The molecule has 1 aromatic heterocycles. The highest BCUT2D eigenvalue weighted by Crippen LogP contribution is 2.40. The van der Waals surface area contributed by atoms with Crippen LogP contribution in [0, 0.1) is 12.3 Å². The molecule has 1 aromatic carbocycles. The van der Waals surface area contributed by atoms with Crippen molar-refractivity contribution in [3.8, 4) is 0 Å². The van der Waals surface area contributed by atoms with Gasteiger partial charge >= 0.3 is 0 Å². The second-order valence-corrected chi connectivity index (χ2v) is 9.17. The number of hydrogen-bond acceptors (Lipinski definition) is 5. The standard InChI is InChI=1S/C24H25N5O4/c1-15-25-12-17(22(32)26-15)3-5-21(31)28-8-6-24(13-28)7-9-29(14-24)23(33)16-2-4-19-18(10-16)11-20(30)27-19/h2-5,10,12H,6-9,11,13-14H2,1H3,(H,27,30)(H,25,26,32)/b5-3+. The van der Waals surface area contributed by atoms with E-state index in [1.807, 2.05) is 4.90 Å². The largest absolute Gasteiger partial charge is 0.339 e. The van der Waals surface area contributed by atoms with Crippen molar-refractivity contribution in [2.45, 2.75) is 26.2 Å². The van der Waals surface area contributed by atoms with Crippen LogP contribution in [0.2, 0.25) is 0 Å². The van der Waals surface area contributed by atoms with Crippen LogP contribution in [-0.4, -0.2) is 63.7 Å². The van der Waals surface area contributed by atoms with Gasteiger partial charge in [-0.05, 0) is 49.6 Å². The first-order chi connectivity index (χ1) is 15.8. The van der Waals surface area contributed by atoms with Gasteiger partial charge < -0.3 is 20.1 Å². The quantitative estimate of drug-likeness (QED) is 0.690. The Labute approximate surface area is 190 Å². The summed E-state index contributed by atoms with van der Waals surface area (Å²) in [6, 6.07) is 5.35. The number of hydrogen-bond donors (Lipinski definition) is 2. The lowest BCUT2D eigenvalue weighted by molar-refractivity contribution is -0.125. The highest BCUT2D eigenvalue weighted by molar-refractivity contribution is 6.01. The minimum atomic E-state index is -0.277. The van der Waals surface area contributed by atoms with E-state index in [1.54, 1.807) is 30.0 Å². The average Bonchev–Trinajstić information content (AvgIpc) is 3.50. The van der Waals surface area contributed by atoms with Gasteiger partial charge in [0.2, 0.25) is 11.8 Å². The monoisotopic (exact) mass is 447 g/mol. The maximum absolute atomic E-state index is 13.1. The van der Waals surface area contributed by atoms with E-state index < -0.39 is 0 Å². The number of nitrogens with zero attached hydrogens (tertiary/aromatic N) is 3. The van der Waals surface area contributed by atoms with Crippen LogP contribution < -0.4 is 10.9 Å². The van der Waals surface area contributed by atoms with Crippen LogP contribution in [0.3, 0.4) is 0 Å². The summed E-state index contributed by atoms with van der Waals surface area (Å²) in [5, 5.41) is 2.78. The van der Waals surface area contributed by atoms with Crippen molar-refractivity contribution in [3.63, 3.8) is 0 Å². The summed E-state index contributed by atoms with van der Waals surface area (Å²) < 4.78 is 0. The number of carbonyl (C=O) groups excluding carboxylic acids is 3. The molecule has 3 aliphatic rings. The minimum absolute atomic E-state index is 0.0372. The minimum Gasteiger partial charge on any atom is -0.339 e. The lowest BCUT2D eigenvalue weighted by atomic mass is 9.86. The van der Waals surface area contributed by atoms with E-state index in [0.29, 0.717) is 49.6 Å².